The minimum Gasteiger partial charge on any atom is -0.487 e. The van der Waals surface area contributed by atoms with Gasteiger partial charge in [0.15, 0.2) is 5.15 Å². The molecule has 3 aromatic rings. The fraction of sp³-hybridized carbons (Fsp3) is 0.133. The molecule has 0 saturated heterocycles. The van der Waals surface area contributed by atoms with Crippen molar-refractivity contribution in [2.75, 3.05) is 0 Å². The van der Waals surface area contributed by atoms with Crippen molar-refractivity contribution in [2.24, 2.45) is 0 Å². The van der Waals surface area contributed by atoms with Crippen LogP contribution in [0, 0.1) is 0 Å². The number of benzene rings is 1. The molecule has 21 heavy (non-hydrogen) atoms. The van der Waals surface area contributed by atoms with Gasteiger partial charge in [-0.2, -0.15) is 10.2 Å². The standard InChI is InChI=1S/C15H13ClN4O/c16-15-8-14(9-17-19-15)21-11-13-4-2-12(3-5-13)10-20-7-1-6-18-20/h1-9H,10-11H2. The van der Waals surface area contributed by atoms with Gasteiger partial charge in [0.05, 0.1) is 12.7 Å². The third-order valence-electron chi connectivity index (χ3n) is 2.93. The summed E-state index contributed by atoms with van der Waals surface area (Å²) in [5.74, 6) is 0.607. The molecule has 106 valence electrons. The third kappa shape index (κ3) is 3.79. The Balaban J connectivity index is 1.59. The van der Waals surface area contributed by atoms with E-state index in [4.69, 9.17) is 16.3 Å². The van der Waals surface area contributed by atoms with Gasteiger partial charge in [0, 0.05) is 18.5 Å². The first-order valence-corrected chi connectivity index (χ1v) is 6.84. The van der Waals surface area contributed by atoms with Gasteiger partial charge in [-0.05, 0) is 17.2 Å². The van der Waals surface area contributed by atoms with E-state index in [1.165, 1.54) is 11.8 Å². The molecule has 2 aromatic heterocycles. The molecule has 0 amide bonds. The summed E-state index contributed by atoms with van der Waals surface area (Å²) in [6, 6.07) is 11.8. The van der Waals surface area contributed by atoms with Crippen molar-refractivity contribution in [1.29, 1.82) is 0 Å². The van der Waals surface area contributed by atoms with Gasteiger partial charge in [0.25, 0.3) is 0 Å². The second kappa shape index (κ2) is 6.37. The Morgan fingerprint density at radius 1 is 1.14 bits per heavy atom. The highest BCUT2D eigenvalue weighted by Crippen LogP contribution is 2.15. The van der Waals surface area contributed by atoms with Gasteiger partial charge in [-0.1, -0.05) is 35.9 Å². The first-order chi connectivity index (χ1) is 10.3. The Morgan fingerprint density at radius 2 is 1.95 bits per heavy atom. The minimum absolute atomic E-state index is 0.321. The fourth-order valence-corrected chi connectivity index (χ4v) is 2.04. The zero-order chi connectivity index (χ0) is 14.5. The monoisotopic (exact) mass is 300 g/mol. The molecule has 0 aliphatic carbocycles. The summed E-state index contributed by atoms with van der Waals surface area (Å²) < 4.78 is 7.50. The minimum atomic E-state index is 0.321. The molecule has 0 fully saturated rings. The van der Waals surface area contributed by atoms with E-state index in [0.29, 0.717) is 17.5 Å². The van der Waals surface area contributed by atoms with Crippen molar-refractivity contribution >= 4 is 11.6 Å². The van der Waals surface area contributed by atoms with E-state index in [9.17, 15) is 0 Å². The fourth-order valence-electron chi connectivity index (χ4n) is 1.89. The Bertz CT molecular complexity index is 698. The van der Waals surface area contributed by atoms with Crippen LogP contribution in [0.15, 0.2) is 55.0 Å². The lowest BCUT2D eigenvalue weighted by Gasteiger charge is -2.07. The Kier molecular flexibility index (Phi) is 4.12. The molecule has 0 unspecified atom stereocenters. The van der Waals surface area contributed by atoms with E-state index in [-0.39, 0.29) is 0 Å². The molecule has 0 bridgehead atoms. The maximum atomic E-state index is 5.75. The van der Waals surface area contributed by atoms with Crippen molar-refractivity contribution in [3.63, 3.8) is 0 Å². The average Bonchev–Trinajstić information content (AvgIpc) is 3.00. The van der Waals surface area contributed by atoms with E-state index in [0.717, 1.165) is 12.1 Å². The summed E-state index contributed by atoms with van der Waals surface area (Å²) in [7, 11) is 0. The number of ether oxygens (including phenoxy) is 1. The SMILES string of the molecule is Clc1cc(OCc2ccc(Cn3cccn3)cc2)cnn1. The van der Waals surface area contributed by atoms with Crippen LogP contribution < -0.4 is 4.74 Å². The van der Waals surface area contributed by atoms with Crippen LogP contribution in [-0.2, 0) is 13.2 Å². The van der Waals surface area contributed by atoms with Gasteiger partial charge in [0.2, 0.25) is 0 Å². The molecule has 0 N–H and O–H groups in total. The van der Waals surface area contributed by atoms with Crippen LogP contribution >= 0.6 is 11.6 Å². The van der Waals surface area contributed by atoms with Gasteiger partial charge in [-0.15, -0.1) is 5.10 Å². The molecule has 0 atom stereocenters. The molecule has 1 aromatic carbocycles. The number of hydrogen-bond acceptors (Lipinski definition) is 4. The Morgan fingerprint density at radius 3 is 2.67 bits per heavy atom. The Labute approximate surface area is 127 Å². The number of halogens is 1. The summed E-state index contributed by atoms with van der Waals surface area (Å²) in [5, 5.41) is 11.9. The van der Waals surface area contributed by atoms with Crippen molar-refractivity contribution in [1.82, 2.24) is 20.0 Å². The maximum absolute atomic E-state index is 5.75. The first kappa shape index (κ1) is 13.6. The lowest BCUT2D eigenvalue weighted by molar-refractivity contribution is 0.304. The predicted octanol–water partition coefficient (Wildman–Crippen LogP) is 2.95. The third-order valence-corrected chi connectivity index (χ3v) is 3.12. The lowest BCUT2D eigenvalue weighted by atomic mass is 10.1. The van der Waals surface area contributed by atoms with Crippen LogP contribution in [0.25, 0.3) is 0 Å². The maximum Gasteiger partial charge on any atom is 0.155 e. The van der Waals surface area contributed by atoms with E-state index >= 15 is 0 Å². The van der Waals surface area contributed by atoms with Gasteiger partial charge in [-0.25, -0.2) is 0 Å². The van der Waals surface area contributed by atoms with E-state index in [1.807, 2.05) is 29.1 Å². The summed E-state index contributed by atoms with van der Waals surface area (Å²) in [6.45, 7) is 1.22. The molecule has 0 radical (unpaired) electrons. The highest BCUT2D eigenvalue weighted by molar-refractivity contribution is 6.29. The number of nitrogens with zero attached hydrogens (tertiary/aromatic N) is 4. The number of rotatable bonds is 5. The quantitative estimate of drug-likeness (QED) is 0.727. The molecule has 5 nitrogen and oxygen atoms in total. The molecule has 0 spiro atoms. The number of hydrogen-bond donors (Lipinski definition) is 0. The molecular formula is C15H13ClN4O. The van der Waals surface area contributed by atoms with Crippen LogP contribution in [-0.4, -0.2) is 20.0 Å². The molecule has 0 aliphatic rings. The molecule has 0 saturated carbocycles. The Hall–Kier alpha value is -2.40. The van der Waals surface area contributed by atoms with Crippen LogP contribution in [0.4, 0.5) is 0 Å². The van der Waals surface area contributed by atoms with Crippen LogP contribution in [0.1, 0.15) is 11.1 Å². The van der Waals surface area contributed by atoms with Crippen LogP contribution in [0.5, 0.6) is 5.75 Å². The van der Waals surface area contributed by atoms with E-state index in [2.05, 4.69) is 27.4 Å². The zero-order valence-electron chi connectivity index (χ0n) is 11.2. The van der Waals surface area contributed by atoms with Crippen LogP contribution in [0.3, 0.4) is 0 Å². The second-order valence-corrected chi connectivity index (χ2v) is 4.91. The van der Waals surface area contributed by atoms with Gasteiger partial charge < -0.3 is 4.74 Å². The first-order valence-electron chi connectivity index (χ1n) is 6.46. The van der Waals surface area contributed by atoms with Gasteiger partial charge in [0.1, 0.15) is 12.4 Å². The lowest BCUT2D eigenvalue weighted by Crippen LogP contribution is -2.01. The van der Waals surface area contributed by atoms with Crippen LogP contribution in [0.2, 0.25) is 5.15 Å². The topological polar surface area (TPSA) is 52.8 Å². The summed E-state index contributed by atoms with van der Waals surface area (Å²) >= 11 is 5.75. The summed E-state index contributed by atoms with van der Waals surface area (Å²) in [6.07, 6.45) is 5.26. The molecule has 2 heterocycles. The smallest absolute Gasteiger partial charge is 0.155 e. The van der Waals surface area contributed by atoms with E-state index in [1.54, 1.807) is 12.3 Å². The molecule has 6 heteroatoms. The average molecular weight is 301 g/mol. The molecule has 3 rings (SSSR count). The predicted molar refractivity (Wildman–Crippen MR) is 79.1 cm³/mol. The number of aromatic nitrogens is 4. The highest BCUT2D eigenvalue weighted by atomic mass is 35.5. The van der Waals surface area contributed by atoms with E-state index < -0.39 is 0 Å². The van der Waals surface area contributed by atoms with Crippen molar-refractivity contribution in [3.05, 3.63) is 71.3 Å². The van der Waals surface area contributed by atoms with Gasteiger partial charge in [-0.3, -0.25) is 4.68 Å². The normalized spacial score (nSPS) is 10.5. The van der Waals surface area contributed by atoms with Crippen molar-refractivity contribution < 1.29 is 4.74 Å². The van der Waals surface area contributed by atoms with Crippen molar-refractivity contribution in [2.45, 2.75) is 13.2 Å². The van der Waals surface area contributed by atoms with Gasteiger partial charge >= 0.3 is 0 Å². The zero-order valence-corrected chi connectivity index (χ0v) is 11.9. The molecular weight excluding hydrogens is 288 g/mol. The summed E-state index contributed by atoms with van der Waals surface area (Å²) in [4.78, 5) is 0. The largest absolute Gasteiger partial charge is 0.487 e. The molecule has 0 aliphatic heterocycles. The van der Waals surface area contributed by atoms with Crippen molar-refractivity contribution in [3.8, 4) is 5.75 Å². The summed E-state index contributed by atoms with van der Waals surface area (Å²) in [5.41, 5.74) is 2.27. The highest BCUT2D eigenvalue weighted by Gasteiger charge is 2.00. The second-order valence-electron chi connectivity index (χ2n) is 4.52.